The summed E-state index contributed by atoms with van der Waals surface area (Å²) in [6.07, 6.45) is 5.03. The molecule has 0 aliphatic rings. The highest BCUT2D eigenvalue weighted by molar-refractivity contribution is 6.02. The van der Waals surface area contributed by atoms with Crippen molar-refractivity contribution in [2.45, 2.75) is 51.7 Å². The second-order valence-corrected chi connectivity index (χ2v) is 10.0. The molecule has 14 heteroatoms. The summed E-state index contributed by atoms with van der Waals surface area (Å²) in [5.74, 6) is -1.31. The van der Waals surface area contributed by atoms with Crippen LogP contribution in [0.1, 0.15) is 49.7 Å². The van der Waals surface area contributed by atoms with Gasteiger partial charge in [0.05, 0.1) is 25.0 Å². The van der Waals surface area contributed by atoms with Crippen LogP contribution in [-0.4, -0.2) is 61.0 Å². The molecule has 0 bridgehead atoms. The summed E-state index contributed by atoms with van der Waals surface area (Å²) in [6, 6.07) is 18.5. The molecule has 0 aliphatic heterocycles. The van der Waals surface area contributed by atoms with Gasteiger partial charge in [0.1, 0.15) is 34.8 Å². The van der Waals surface area contributed by atoms with Crippen LogP contribution >= 0.6 is 0 Å². The lowest BCUT2D eigenvalue weighted by Crippen LogP contribution is -2.34. The molecule has 0 aliphatic carbocycles. The van der Waals surface area contributed by atoms with Gasteiger partial charge in [-0.1, -0.05) is 37.1 Å². The minimum atomic E-state index is -2.99. The Morgan fingerprint density at radius 2 is 0.958 bits per heavy atom. The van der Waals surface area contributed by atoms with E-state index in [4.69, 9.17) is 10.5 Å². The zero-order valence-electron chi connectivity index (χ0n) is 25.8. The number of rotatable bonds is 19. The van der Waals surface area contributed by atoms with Gasteiger partial charge >= 0.3 is 13.2 Å². The summed E-state index contributed by atoms with van der Waals surface area (Å²) in [6.45, 7) is -5.29. The van der Waals surface area contributed by atoms with Gasteiger partial charge in [0.25, 0.3) is 11.8 Å². The average Bonchev–Trinajstić information content (AvgIpc) is 3.07. The highest BCUT2D eigenvalue weighted by Gasteiger charge is 2.20. The molecule has 2 amide bonds. The first-order valence-corrected chi connectivity index (χ1v) is 14.8. The van der Waals surface area contributed by atoms with Crippen molar-refractivity contribution in [3.8, 4) is 35.8 Å². The van der Waals surface area contributed by atoms with Crippen LogP contribution in [0.25, 0.3) is 12.2 Å². The van der Waals surface area contributed by atoms with E-state index in [1.807, 2.05) is 24.3 Å². The number of ether oxygens (including phenoxy) is 2. The van der Waals surface area contributed by atoms with Crippen LogP contribution in [0.5, 0.6) is 11.5 Å². The Kier molecular flexibility index (Phi) is 16.8. The van der Waals surface area contributed by atoms with Crippen molar-refractivity contribution >= 4 is 24.0 Å². The second kappa shape index (κ2) is 21.0. The fourth-order valence-electron chi connectivity index (χ4n) is 4.41. The van der Waals surface area contributed by atoms with E-state index in [-0.39, 0.29) is 61.7 Å². The predicted octanol–water partition coefficient (Wildman–Crippen LogP) is 6.45. The molecule has 2 aromatic carbocycles. The van der Waals surface area contributed by atoms with Crippen LogP contribution in [0.4, 0.5) is 17.6 Å². The number of hydrogen-bond donors (Lipinski definition) is 0. The zero-order valence-corrected chi connectivity index (χ0v) is 25.8. The standard InChI is InChI=1S/C34H32F4N6O4/c35-33(36)47-29-11-7-25(8-12-29)21-27(23-41)31(45)43(19-5-15-39)17-3-1-2-4-18-44(20-6-16-40)32(46)28(24-42)22-26-9-13-30(14-10-26)48-34(37)38/h7-14,21-22,33-34H,1-6,17-20H2/b27-21-,28-22+. The first kappa shape index (κ1) is 38.3. The molecular formula is C34H32F4N6O4. The number of hydrogen-bond acceptors (Lipinski definition) is 8. The number of carbonyl (C=O) groups is 2. The molecule has 0 heterocycles. The van der Waals surface area contributed by atoms with Crippen LogP contribution in [0.2, 0.25) is 0 Å². The lowest BCUT2D eigenvalue weighted by atomic mass is 10.1. The van der Waals surface area contributed by atoms with Crippen LogP contribution in [0.3, 0.4) is 0 Å². The third-order valence-electron chi connectivity index (χ3n) is 6.70. The maximum atomic E-state index is 13.1. The Hall–Kier alpha value is -5.86. The predicted molar refractivity (Wildman–Crippen MR) is 165 cm³/mol. The molecule has 0 saturated carbocycles. The number of halogens is 4. The van der Waals surface area contributed by atoms with Crippen LogP contribution in [0.15, 0.2) is 59.7 Å². The van der Waals surface area contributed by atoms with Gasteiger partial charge in [0.15, 0.2) is 0 Å². The molecule has 0 fully saturated rings. The van der Waals surface area contributed by atoms with Gasteiger partial charge in [-0.05, 0) is 60.4 Å². The average molecular weight is 665 g/mol. The van der Waals surface area contributed by atoms with Gasteiger partial charge in [-0.15, -0.1) is 0 Å². The van der Waals surface area contributed by atoms with Crippen molar-refractivity contribution in [1.29, 1.82) is 21.0 Å². The van der Waals surface area contributed by atoms with Gasteiger partial charge < -0.3 is 19.3 Å². The third-order valence-corrected chi connectivity index (χ3v) is 6.70. The first-order chi connectivity index (χ1) is 23.1. The topological polar surface area (TPSA) is 154 Å². The largest absolute Gasteiger partial charge is 0.435 e. The summed E-state index contributed by atoms with van der Waals surface area (Å²) in [4.78, 5) is 29.0. The van der Waals surface area contributed by atoms with Crippen molar-refractivity contribution in [2.75, 3.05) is 26.2 Å². The molecule has 0 aromatic heterocycles. The smallest absolute Gasteiger partial charge is 0.387 e. The fraction of sp³-hybridized carbons (Fsp3) is 0.353. The minimum absolute atomic E-state index is 0.0441. The first-order valence-electron chi connectivity index (χ1n) is 14.8. The number of nitriles is 4. The monoisotopic (exact) mass is 664 g/mol. The molecule has 0 spiro atoms. The van der Waals surface area contributed by atoms with E-state index < -0.39 is 25.0 Å². The van der Waals surface area contributed by atoms with Gasteiger partial charge in [0.2, 0.25) is 0 Å². The highest BCUT2D eigenvalue weighted by atomic mass is 19.3. The molecule has 250 valence electrons. The zero-order chi connectivity index (χ0) is 35.3. The van der Waals surface area contributed by atoms with E-state index in [1.165, 1.54) is 70.5 Å². The fourth-order valence-corrected chi connectivity index (χ4v) is 4.41. The number of amides is 2. The summed E-state index contributed by atoms with van der Waals surface area (Å²) < 4.78 is 58.2. The lowest BCUT2D eigenvalue weighted by Gasteiger charge is -2.22. The maximum Gasteiger partial charge on any atom is 0.387 e. The van der Waals surface area contributed by atoms with Crippen LogP contribution in [0, 0.1) is 45.3 Å². The van der Waals surface area contributed by atoms with Crippen molar-refractivity contribution in [1.82, 2.24) is 9.80 Å². The Balaban J connectivity index is 1.98. The summed E-state index contributed by atoms with van der Waals surface area (Å²) in [5.41, 5.74) is 0.454. The molecule has 0 atom stereocenters. The van der Waals surface area contributed by atoms with Gasteiger partial charge in [-0.2, -0.15) is 38.6 Å². The summed E-state index contributed by atoms with van der Waals surface area (Å²) >= 11 is 0. The van der Waals surface area contributed by atoms with Crippen molar-refractivity contribution in [3.05, 3.63) is 70.8 Å². The summed E-state index contributed by atoms with van der Waals surface area (Å²) in [7, 11) is 0. The van der Waals surface area contributed by atoms with Gasteiger partial charge in [-0.25, -0.2) is 0 Å². The number of benzene rings is 2. The van der Waals surface area contributed by atoms with Gasteiger partial charge in [0, 0.05) is 26.2 Å². The van der Waals surface area contributed by atoms with Crippen molar-refractivity contribution < 1.29 is 36.6 Å². The quantitative estimate of drug-likeness (QED) is 0.0719. The molecule has 10 nitrogen and oxygen atoms in total. The van der Waals surface area contributed by atoms with Crippen LogP contribution < -0.4 is 9.47 Å². The Morgan fingerprint density at radius 1 is 0.604 bits per heavy atom. The Bertz CT molecular complexity index is 1460. The molecule has 48 heavy (non-hydrogen) atoms. The van der Waals surface area contributed by atoms with E-state index >= 15 is 0 Å². The second-order valence-electron chi connectivity index (χ2n) is 10.0. The van der Waals surface area contributed by atoms with E-state index in [0.29, 0.717) is 36.8 Å². The molecule has 0 radical (unpaired) electrons. The third kappa shape index (κ3) is 13.6. The SMILES string of the molecule is N#CCCN(CCCCCCN(CCC#N)C(=O)/C(C#N)=C/c1ccc(OC(F)F)cc1)C(=O)/C(C#N)=C\c1ccc(OC(F)F)cc1. The number of unbranched alkanes of at least 4 members (excludes halogenated alkanes) is 3. The highest BCUT2D eigenvalue weighted by Crippen LogP contribution is 2.19. The molecule has 0 saturated heterocycles. The number of nitrogens with zero attached hydrogens (tertiary/aromatic N) is 6. The lowest BCUT2D eigenvalue weighted by molar-refractivity contribution is -0.127. The number of carbonyl (C=O) groups excluding carboxylic acids is 2. The van der Waals surface area contributed by atoms with E-state index in [9.17, 15) is 37.7 Å². The van der Waals surface area contributed by atoms with E-state index in [2.05, 4.69) is 9.47 Å². The van der Waals surface area contributed by atoms with Gasteiger partial charge in [-0.3, -0.25) is 9.59 Å². The Labute approximate surface area is 275 Å². The molecular weight excluding hydrogens is 632 g/mol. The Morgan fingerprint density at radius 3 is 1.25 bits per heavy atom. The van der Waals surface area contributed by atoms with Crippen LogP contribution in [-0.2, 0) is 9.59 Å². The molecule has 0 unspecified atom stereocenters. The molecule has 2 rings (SSSR count). The van der Waals surface area contributed by atoms with E-state index in [1.54, 1.807) is 0 Å². The van der Waals surface area contributed by atoms with E-state index in [0.717, 1.165) is 0 Å². The molecule has 0 N–H and O–H groups in total. The van der Waals surface area contributed by atoms with Crippen molar-refractivity contribution in [3.63, 3.8) is 0 Å². The summed E-state index contributed by atoms with van der Waals surface area (Å²) in [5, 5.41) is 37.4. The maximum absolute atomic E-state index is 13.1. The minimum Gasteiger partial charge on any atom is -0.435 e. The number of alkyl halides is 4. The normalized spacial score (nSPS) is 11.2. The van der Waals surface area contributed by atoms with Crippen molar-refractivity contribution in [2.24, 2.45) is 0 Å². The molecule has 2 aromatic rings.